The molecule has 0 atom stereocenters. The Hall–Kier alpha value is -1.31. The van der Waals surface area contributed by atoms with Crippen LogP contribution in [0.5, 0.6) is 11.5 Å². The quantitative estimate of drug-likeness (QED) is 0.532. The van der Waals surface area contributed by atoms with Gasteiger partial charge < -0.3 is 15.5 Å². The Morgan fingerprint density at radius 2 is 2.00 bits per heavy atom. The third kappa shape index (κ3) is 5.53. The van der Waals surface area contributed by atoms with E-state index >= 15 is 0 Å². The van der Waals surface area contributed by atoms with E-state index in [1.54, 1.807) is 6.07 Å². The van der Waals surface area contributed by atoms with Crippen molar-refractivity contribution < 1.29 is 18.6 Å². The van der Waals surface area contributed by atoms with Gasteiger partial charge >= 0.3 is 0 Å². The summed E-state index contributed by atoms with van der Waals surface area (Å²) in [6.45, 7) is 0.882. The number of aromatic hydroxyl groups is 2. The van der Waals surface area contributed by atoms with Crippen LogP contribution >= 0.6 is 0 Å². The van der Waals surface area contributed by atoms with Gasteiger partial charge in [0, 0.05) is 18.2 Å². The maximum Gasteiger partial charge on any atom is 0.209 e. The van der Waals surface area contributed by atoms with Gasteiger partial charge in [-0.2, -0.15) is 0 Å². The molecule has 17 heavy (non-hydrogen) atoms. The first kappa shape index (κ1) is 13.8. The second-order valence-corrected chi connectivity index (χ2v) is 5.44. The minimum atomic E-state index is -3.41. The lowest BCUT2D eigenvalue weighted by Gasteiger charge is -2.06. The van der Waals surface area contributed by atoms with E-state index in [9.17, 15) is 13.5 Å². The number of phenolic OH excluding ortho intramolecular Hbond substituents is 2. The van der Waals surface area contributed by atoms with Gasteiger partial charge in [0.15, 0.2) is 0 Å². The highest BCUT2D eigenvalue weighted by atomic mass is 32.2. The maximum atomic E-state index is 10.6. The van der Waals surface area contributed by atoms with E-state index in [1.807, 2.05) is 0 Å². The molecule has 0 aliphatic heterocycles. The third-order valence-corrected chi connectivity index (χ3v) is 3.02. The summed E-state index contributed by atoms with van der Waals surface area (Å²) in [5, 5.41) is 26.4. The van der Waals surface area contributed by atoms with Gasteiger partial charge in [0.25, 0.3) is 0 Å². The van der Waals surface area contributed by atoms with Crippen molar-refractivity contribution in [1.82, 2.24) is 5.32 Å². The predicted octanol–water partition coefficient (Wildman–Crippen LogP) is -0.134. The number of primary sulfonamides is 1. The first-order valence-electron chi connectivity index (χ1n) is 5.10. The summed E-state index contributed by atoms with van der Waals surface area (Å²) in [5.41, 5.74) is 0.637. The number of hydrogen-bond acceptors (Lipinski definition) is 5. The summed E-state index contributed by atoms with van der Waals surface area (Å²) in [6, 6.07) is 4.32. The largest absolute Gasteiger partial charge is 0.508 e. The van der Waals surface area contributed by atoms with E-state index in [4.69, 9.17) is 10.2 Å². The van der Waals surface area contributed by atoms with Crippen molar-refractivity contribution in [3.05, 3.63) is 23.8 Å². The van der Waals surface area contributed by atoms with Gasteiger partial charge in [-0.3, -0.25) is 0 Å². The van der Waals surface area contributed by atoms with Gasteiger partial charge in [0.2, 0.25) is 10.0 Å². The van der Waals surface area contributed by atoms with Crippen LogP contribution in [0, 0.1) is 0 Å². The third-order valence-electron chi connectivity index (χ3n) is 2.17. The summed E-state index contributed by atoms with van der Waals surface area (Å²) < 4.78 is 21.3. The maximum absolute atomic E-state index is 10.6. The average Bonchev–Trinajstić information content (AvgIpc) is 2.18. The van der Waals surface area contributed by atoms with Gasteiger partial charge in [0.1, 0.15) is 11.5 Å². The fraction of sp³-hybridized carbons (Fsp3) is 0.400. The molecule has 0 heterocycles. The zero-order valence-electron chi connectivity index (χ0n) is 9.26. The van der Waals surface area contributed by atoms with Crippen LogP contribution in [0.25, 0.3) is 0 Å². The van der Waals surface area contributed by atoms with E-state index in [2.05, 4.69) is 5.32 Å². The molecule has 0 unspecified atom stereocenters. The molecule has 5 N–H and O–H groups in total. The van der Waals surface area contributed by atoms with Crippen LogP contribution in [0.3, 0.4) is 0 Å². The summed E-state index contributed by atoms with van der Waals surface area (Å²) in [4.78, 5) is 0. The van der Waals surface area contributed by atoms with Crippen molar-refractivity contribution in [3.8, 4) is 11.5 Å². The second kappa shape index (κ2) is 5.85. The lowest BCUT2D eigenvalue weighted by molar-refractivity contribution is 0.443. The molecule has 0 aliphatic rings. The Balaban J connectivity index is 2.32. The number of phenols is 2. The van der Waals surface area contributed by atoms with E-state index in [0.717, 1.165) is 0 Å². The molecule has 0 saturated carbocycles. The van der Waals surface area contributed by atoms with E-state index < -0.39 is 10.0 Å². The monoisotopic (exact) mass is 260 g/mol. The fourth-order valence-corrected chi connectivity index (χ4v) is 1.87. The van der Waals surface area contributed by atoms with Crippen molar-refractivity contribution in [2.24, 2.45) is 5.14 Å². The van der Waals surface area contributed by atoms with Crippen molar-refractivity contribution in [1.29, 1.82) is 0 Å². The van der Waals surface area contributed by atoms with Crippen molar-refractivity contribution in [3.63, 3.8) is 0 Å². The Morgan fingerprint density at radius 3 is 2.59 bits per heavy atom. The molecule has 0 aliphatic carbocycles. The summed E-state index contributed by atoms with van der Waals surface area (Å²) >= 11 is 0. The minimum absolute atomic E-state index is 0.000440. The number of rotatable bonds is 6. The molecular weight excluding hydrogens is 244 g/mol. The Labute approximate surface area is 100 Å². The van der Waals surface area contributed by atoms with Crippen molar-refractivity contribution >= 4 is 10.0 Å². The zero-order valence-corrected chi connectivity index (χ0v) is 10.1. The van der Waals surface area contributed by atoms with Gasteiger partial charge in [-0.1, -0.05) is 6.07 Å². The number of sulfonamides is 1. The molecule has 0 fully saturated rings. The Bertz CT molecular complexity index is 473. The first-order chi connectivity index (χ1) is 7.88. The minimum Gasteiger partial charge on any atom is -0.508 e. The highest BCUT2D eigenvalue weighted by Crippen LogP contribution is 2.22. The number of benzene rings is 1. The molecule has 0 radical (unpaired) electrons. The molecule has 1 rings (SSSR count). The van der Waals surface area contributed by atoms with Crippen LogP contribution in [0.4, 0.5) is 0 Å². The van der Waals surface area contributed by atoms with Crippen LogP contribution in [-0.2, 0) is 16.6 Å². The molecule has 1 aromatic carbocycles. The molecule has 0 bridgehead atoms. The van der Waals surface area contributed by atoms with Crippen molar-refractivity contribution in [2.45, 2.75) is 13.0 Å². The van der Waals surface area contributed by atoms with Gasteiger partial charge in [-0.25, -0.2) is 13.6 Å². The molecule has 0 spiro atoms. The van der Waals surface area contributed by atoms with Gasteiger partial charge in [-0.05, 0) is 19.0 Å². The number of hydrogen-bond donors (Lipinski definition) is 4. The summed E-state index contributed by atoms with van der Waals surface area (Å²) in [7, 11) is -3.41. The van der Waals surface area contributed by atoms with E-state index in [0.29, 0.717) is 25.1 Å². The van der Waals surface area contributed by atoms with Crippen LogP contribution in [0.15, 0.2) is 18.2 Å². The molecular formula is C10H16N2O4S. The number of nitrogens with two attached hydrogens (primary N) is 1. The lowest BCUT2D eigenvalue weighted by Crippen LogP contribution is -2.22. The molecule has 96 valence electrons. The van der Waals surface area contributed by atoms with Gasteiger partial charge in [-0.15, -0.1) is 0 Å². The fourth-order valence-electron chi connectivity index (χ4n) is 1.32. The van der Waals surface area contributed by atoms with Crippen molar-refractivity contribution in [2.75, 3.05) is 12.3 Å². The summed E-state index contributed by atoms with van der Waals surface area (Å²) in [6.07, 6.45) is 0.414. The van der Waals surface area contributed by atoms with Gasteiger partial charge in [0.05, 0.1) is 5.75 Å². The van der Waals surface area contributed by atoms with E-state index in [1.165, 1.54) is 12.1 Å². The molecule has 7 heteroatoms. The van der Waals surface area contributed by atoms with Crippen LogP contribution in [0.2, 0.25) is 0 Å². The number of nitrogens with one attached hydrogen (secondary N) is 1. The second-order valence-electron chi connectivity index (χ2n) is 3.71. The Kier molecular flexibility index (Phi) is 4.73. The first-order valence-corrected chi connectivity index (χ1v) is 6.82. The molecule has 0 aromatic heterocycles. The normalized spacial score (nSPS) is 11.6. The highest BCUT2D eigenvalue weighted by molar-refractivity contribution is 7.89. The molecule has 1 aromatic rings. The van der Waals surface area contributed by atoms with Crippen LogP contribution in [-0.4, -0.2) is 30.9 Å². The molecule has 6 nitrogen and oxygen atoms in total. The zero-order chi connectivity index (χ0) is 12.9. The highest BCUT2D eigenvalue weighted by Gasteiger charge is 2.03. The summed E-state index contributed by atoms with van der Waals surface area (Å²) in [5.74, 6) is -0.0638. The van der Waals surface area contributed by atoms with Crippen LogP contribution < -0.4 is 10.5 Å². The van der Waals surface area contributed by atoms with E-state index in [-0.39, 0.29) is 17.3 Å². The predicted molar refractivity (Wildman–Crippen MR) is 64.1 cm³/mol. The lowest BCUT2D eigenvalue weighted by atomic mass is 10.2. The topological polar surface area (TPSA) is 113 Å². The Morgan fingerprint density at radius 1 is 1.29 bits per heavy atom. The average molecular weight is 260 g/mol. The standard InChI is InChI=1S/C10H16N2O4S/c11-17(15,16)5-1-4-12-7-8-2-3-9(13)6-10(8)14/h2-3,6,12-14H,1,4-5,7H2,(H2,11,15,16). The molecule has 0 amide bonds. The smallest absolute Gasteiger partial charge is 0.209 e. The SMILES string of the molecule is NS(=O)(=O)CCCNCc1ccc(O)cc1O. The molecule has 0 saturated heterocycles. The van der Waals surface area contributed by atoms with Crippen LogP contribution in [0.1, 0.15) is 12.0 Å².